The molecule has 9 aromatic carbocycles. The van der Waals surface area contributed by atoms with Gasteiger partial charge < -0.3 is 4.90 Å². The molecule has 2 heteroatoms. The normalized spacial score (nSPS) is 13.1. The molecule has 1 heterocycles. The van der Waals surface area contributed by atoms with Crippen LogP contribution in [-0.4, -0.2) is 0 Å². The largest absolute Gasteiger partial charge is 0.310 e. The first-order valence-electron chi connectivity index (χ1n) is 20.6. The van der Waals surface area contributed by atoms with Crippen molar-refractivity contribution < 1.29 is 0 Å². The Morgan fingerprint density at radius 1 is 0.441 bits per heavy atom. The summed E-state index contributed by atoms with van der Waals surface area (Å²) >= 11 is 1.87. The molecule has 0 saturated heterocycles. The molecule has 0 atom stereocenters. The topological polar surface area (TPSA) is 3.24 Å². The summed E-state index contributed by atoms with van der Waals surface area (Å²) < 4.78 is 2.63. The lowest BCUT2D eigenvalue weighted by Gasteiger charge is -2.34. The van der Waals surface area contributed by atoms with E-state index in [0.717, 1.165) is 17.1 Å². The molecule has 1 aromatic heterocycles. The second-order valence-electron chi connectivity index (χ2n) is 16.9. The monoisotopic (exact) mass is 773 g/mol. The maximum Gasteiger partial charge on any atom is 0.0713 e. The molecular weight excluding hydrogens is 731 g/mol. The molecule has 0 fully saturated rings. The van der Waals surface area contributed by atoms with Crippen LogP contribution < -0.4 is 4.90 Å². The van der Waals surface area contributed by atoms with Crippen molar-refractivity contribution in [3.8, 4) is 22.3 Å². The van der Waals surface area contributed by atoms with Gasteiger partial charge in [0.15, 0.2) is 0 Å². The summed E-state index contributed by atoms with van der Waals surface area (Å²) in [5.74, 6) is 0. The van der Waals surface area contributed by atoms with E-state index in [4.69, 9.17) is 0 Å². The zero-order valence-electron chi connectivity index (χ0n) is 33.5. The second kappa shape index (κ2) is 13.7. The van der Waals surface area contributed by atoms with E-state index < -0.39 is 5.41 Å². The van der Waals surface area contributed by atoms with Gasteiger partial charge in [-0.15, -0.1) is 11.3 Å². The van der Waals surface area contributed by atoms with Gasteiger partial charge in [-0.2, -0.15) is 0 Å². The number of fused-ring (bicyclic) bond motifs is 7. The molecule has 0 saturated carbocycles. The van der Waals surface area contributed by atoms with Crippen LogP contribution >= 0.6 is 11.3 Å². The Morgan fingerprint density at radius 2 is 1.05 bits per heavy atom. The van der Waals surface area contributed by atoms with Crippen LogP contribution in [0.5, 0.6) is 0 Å². The minimum absolute atomic E-state index is 0.0334. The van der Waals surface area contributed by atoms with Crippen molar-refractivity contribution in [1.82, 2.24) is 0 Å². The Hall–Kier alpha value is -6.74. The fourth-order valence-electron chi connectivity index (χ4n) is 9.75. The summed E-state index contributed by atoms with van der Waals surface area (Å²) in [6, 6.07) is 77.0. The van der Waals surface area contributed by atoms with Crippen molar-refractivity contribution in [1.29, 1.82) is 0 Å². The third kappa shape index (κ3) is 5.58. The van der Waals surface area contributed by atoms with Crippen LogP contribution in [0.15, 0.2) is 206 Å². The highest BCUT2D eigenvalue weighted by Crippen LogP contribution is 2.57. The first-order chi connectivity index (χ1) is 28.9. The van der Waals surface area contributed by atoms with Crippen molar-refractivity contribution in [3.63, 3.8) is 0 Å². The molecule has 0 aliphatic heterocycles. The summed E-state index contributed by atoms with van der Waals surface area (Å²) in [5.41, 5.74) is 14.4. The van der Waals surface area contributed by atoms with Crippen molar-refractivity contribution in [2.45, 2.75) is 31.6 Å². The van der Waals surface area contributed by atoms with Crippen molar-refractivity contribution in [3.05, 3.63) is 234 Å². The molecule has 1 aliphatic carbocycles. The number of hydrogen-bond acceptors (Lipinski definition) is 2. The number of anilines is 3. The van der Waals surface area contributed by atoms with Gasteiger partial charge in [-0.25, -0.2) is 0 Å². The number of hydrogen-bond donors (Lipinski definition) is 0. The van der Waals surface area contributed by atoms with Crippen molar-refractivity contribution in [2.24, 2.45) is 0 Å². The predicted octanol–water partition coefficient (Wildman–Crippen LogP) is 16.0. The fraction of sp³-hybridized carbons (Fsp3) is 0.0877. The molecule has 10 aromatic rings. The van der Waals surface area contributed by atoms with E-state index in [9.17, 15) is 0 Å². The van der Waals surface area contributed by atoms with Crippen LogP contribution in [0.4, 0.5) is 17.1 Å². The van der Waals surface area contributed by atoms with Crippen molar-refractivity contribution >= 4 is 59.3 Å². The third-order valence-electron chi connectivity index (χ3n) is 12.5. The zero-order chi connectivity index (χ0) is 39.7. The standard InChI is InChI=1S/C57H43NS/c1-56(2,3)40-28-30-43(31-29-40)58(52-34-26-38-16-10-11-21-45(38)55(52)39-27-35-54-49(36-39)47-23-13-15-25-53(47)59-54)44-32-33-51-48(37-44)46-22-12-14-24-50(46)57(51,41-17-6-4-7-18-41)42-19-8-5-9-20-42/h4-37H,1-3H3. The van der Waals surface area contributed by atoms with Gasteiger partial charge in [0.05, 0.1) is 11.1 Å². The van der Waals surface area contributed by atoms with Crippen LogP contribution in [-0.2, 0) is 10.8 Å². The van der Waals surface area contributed by atoms with Crippen LogP contribution in [0.1, 0.15) is 48.6 Å². The van der Waals surface area contributed by atoms with E-state index in [2.05, 4.69) is 232 Å². The molecule has 1 aliphatic rings. The summed E-state index contributed by atoms with van der Waals surface area (Å²) in [6.45, 7) is 6.86. The maximum atomic E-state index is 2.50. The SMILES string of the molecule is CC(C)(C)c1ccc(N(c2ccc3c(c2)-c2ccccc2C3(c2ccccc2)c2ccccc2)c2ccc3ccccc3c2-c2ccc3sc4ccccc4c3c2)cc1. The second-order valence-corrected chi connectivity index (χ2v) is 18.0. The molecule has 0 N–H and O–H groups in total. The highest BCUT2D eigenvalue weighted by atomic mass is 32.1. The number of rotatable bonds is 6. The Balaban J connectivity index is 1.19. The van der Waals surface area contributed by atoms with E-state index in [0.29, 0.717) is 0 Å². The lowest BCUT2D eigenvalue weighted by molar-refractivity contribution is 0.590. The third-order valence-corrected chi connectivity index (χ3v) is 13.7. The number of benzene rings is 9. The molecule has 0 radical (unpaired) electrons. The van der Waals surface area contributed by atoms with Gasteiger partial charge in [-0.3, -0.25) is 0 Å². The van der Waals surface area contributed by atoms with E-state index in [-0.39, 0.29) is 5.41 Å². The Morgan fingerprint density at radius 3 is 1.80 bits per heavy atom. The first kappa shape index (κ1) is 35.4. The number of thiophene rings is 1. The minimum Gasteiger partial charge on any atom is -0.310 e. The average molecular weight is 774 g/mol. The number of nitrogens with zero attached hydrogens (tertiary/aromatic N) is 1. The quantitative estimate of drug-likeness (QED) is 0.163. The van der Waals surface area contributed by atoms with Crippen LogP contribution in [0.3, 0.4) is 0 Å². The summed E-state index contributed by atoms with van der Waals surface area (Å²) in [7, 11) is 0. The zero-order valence-corrected chi connectivity index (χ0v) is 34.3. The molecule has 11 rings (SSSR count). The summed E-state index contributed by atoms with van der Waals surface area (Å²) in [5, 5.41) is 5.07. The lowest BCUT2D eigenvalue weighted by Crippen LogP contribution is -2.28. The van der Waals surface area contributed by atoms with Crippen LogP contribution in [0.2, 0.25) is 0 Å². The summed E-state index contributed by atoms with van der Waals surface area (Å²) in [6.07, 6.45) is 0. The molecule has 282 valence electrons. The van der Waals surface area contributed by atoms with Crippen molar-refractivity contribution in [2.75, 3.05) is 4.90 Å². The average Bonchev–Trinajstić information content (AvgIpc) is 3.80. The van der Waals surface area contributed by atoms with E-state index in [1.807, 2.05) is 11.3 Å². The van der Waals surface area contributed by atoms with Gasteiger partial charge in [-0.1, -0.05) is 178 Å². The molecule has 59 heavy (non-hydrogen) atoms. The van der Waals surface area contributed by atoms with Gasteiger partial charge in [0, 0.05) is 37.1 Å². The molecular formula is C57H43NS. The Bertz CT molecular complexity index is 3150. The van der Waals surface area contributed by atoms with E-state index in [1.165, 1.54) is 81.0 Å². The van der Waals surface area contributed by atoms with E-state index in [1.54, 1.807) is 0 Å². The lowest BCUT2D eigenvalue weighted by atomic mass is 9.68. The Labute approximate surface area is 350 Å². The van der Waals surface area contributed by atoms with Crippen LogP contribution in [0, 0.1) is 0 Å². The molecule has 0 spiro atoms. The van der Waals surface area contributed by atoms with Gasteiger partial charge in [-0.05, 0) is 109 Å². The predicted molar refractivity (Wildman–Crippen MR) is 253 cm³/mol. The molecule has 1 nitrogen and oxygen atoms in total. The smallest absolute Gasteiger partial charge is 0.0713 e. The highest BCUT2D eigenvalue weighted by molar-refractivity contribution is 7.25. The molecule has 0 amide bonds. The Kier molecular flexibility index (Phi) is 8.22. The fourth-order valence-corrected chi connectivity index (χ4v) is 10.8. The molecule has 0 unspecified atom stereocenters. The first-order valence-corrected chi connectivity index (χ1v) is 21.4. The summed E-state index contributed by atoms with van der Waals surface area (Å²) in [4.78, 5) is 2.50. The van der Waals surface area contributed by atoms with E-state index >= 15 is 0 Å². The van der Waals surface area contributed by atoms with Gasteiger partial charge in [0.2, 0.25) is 0 Å². The van der Waals surface area contributed by atoms with Gasteiger partial charge in [0.25, 0.3) is 0 Å². The van der Waals surface area contributed by atoms with Gasteiger partial charge in [0.1, 0.15) is 0 Å². The molecule has 0 bridgehead atoms. The maximum absolute atomic E-state index is 2.50. The minimum atomic E-state index is -0.459. The van der Waals surface area contributed by atoms with Crippen LogP contribution in [0.25, 0.3) is 53.2 Å². The van der Waals surface area contributed by atoms with Gasteiger partial charge >= 0.3 is 0 Å². The highest BCUT2D eigenvalue weighted by Gasteiger charge is 2.46.